The van der Waals surface area contributed by atoms with Crippen LogP contribution in [0.2, 0.25) is 5.02 Å². The van der Waals surface area contributed by atoms with Crippen molar-refractivity contribution >= 4 is 51.3 Å². The summed E-state index contributed by atoms with van der Waals surface area (Å²) >= 11 is 6.07. The standard InChI is InChI=1S/C31H39ClN4O5S.ClH/c1-3-34-26-17-24(18-27(19-26)36-13-4-5-14-42(36,39)40)31(38)35-29(16-22-9-11-25(32)12-10-22)30(37)21-33-20-23-7-6-8-28(15-23)41-2;/h6-12,15,17-19,29-30,33-34,37H,3-5,13-14,16,20-21H2,1-2H3,(H,35,38);1H/t29-,30+;/m0./s1. The number of sulfonamides is 1. The normalized spacial score (nSPS) is 15.6. The number of nitrogens with zero attached hydrogens (tertiary/aromatic N) is 1. The molecule has 3 aromatic rings. The molecule has 12 heteroatoms. The highest BCUT2D eigenvalue weighted by Crippen LogP contribution is 2.28. The van der Waals surface area contributed by atoms with Gasteiger partial charge >= 0.3 is 0 Å². The Kier molecular flexibility index (Phi) is 13.0. The van der Waals surface area contributed by atoms with E-state index in [0.29, 0.717) is 54.4 Å². The van der Waals surface area contributed by atoms with Crippen LogP contribution in [0.25, 0.3) is 0 Å². The molecule has 4 rings (SSSR count). The predicted molar refractivity (Wildman–Crippen MR) is 175 cm³/mol. The van der Waals surface area contributed by atoms with Crippen LogP contribution in [0.5, 0.6) is 5.75 Å². The third kappa shape index (κ3) is 9.74. The van der Waals surface area contributed by atoms with Crippen LogP contribution in [-0.2, 0) is 23.0 Å². The third-order valence-electron chi connectivity index (χ3n) is 7.16. The van der Waals surface area contributed by atoms with Crippen LogP contribution >= 0.6 is 24.0 Å². The lowest BCUT2D eigenvalue weighted by molar-refractivity contribution is 0.0830. The number of rotatable bonds is 13. The molecule has 0 aromatic heterocycles. The third-order valence-corrected chi connectivity index (χ3v) is 9.29. The fourth-order valence-corrected chi connectivity index (χ4v) is 6.72. The Morgan fingerprint density at radius 1 is 1.07 bits per heavy atom. The van der Waals surface area contributed by atoms with Gasteiger partial charge in [-0.3, -0.25) is 9.10 Å². The zero-order chi connectivity index (χ0) is 30.1. The maximum Gasteiger partial charge on any atom is 0.251 e. The van der Waals surface area contributed by atoms with Crippen LogP contribution < -0.4 is 25.0 Å². The van der Waals surface area contributed by atoms with Gasteiger partial charge in [0.1, 0.15) is 5.75 Å². The van der Waals surface area contributed by atoms with Crippen molar-refractivity contribution in [3.8, 4) is 5.75 Å². The molecule has 1 heterocycles. The smallest absolute Gasteiger partial charge is 0.251 e. The van der Waals surface area contributed by atoms with Crippen LogP contribution in [0.3, 0.4) is 0 Å². The van der Waals surface area contributed by atoms with E-state index in [-0.39, 0.29) is 24.7 Å². The number of aliphatic hydroxyl groups excluding tert-OH is 1. The summed E-state index contributed by atoms with van der Waals surface area (Å²) in [6.07, 6.45) is 0.819. The summed E-state index contributed by atoms with van der Waals surface area (Å²) in [7, 11) is -1.85. The molecule has 0 unspecified atom stereocenters. The molecule has 2 atom stereocenters. The minimum atomic E-state index is -3.46. The highest BCUT2D eigenvalue weighted by molar-refractivity contribution is 7.92. The Balaban J connectivity index is 0.00000506. The lowest BCUT2D eigenvalue weighted by Crippen LogP contribution is -2.48. The van der Waals surface area contributed by atoms with Crippen molar-refractivity contribution in [1.29, 1.82) is 0 Å². The molecule has 9 nitrogen and oxygen atoms in total. The lowest BCUT2D eigenvalue weighted by atomic mass is 10.00. The van der Waals surface area contributed by atoms with E-state index in [1.807, 2.05) is 43.3 Å². The zero-order valence-corrected chi connectivity index (χ0v) is 26.8. The number of ether oxygens (including phenoxy) is 1. The molecule has 234 valence electrons. The van der Waals surface area contributed by atoms with Gasteiger partial charge in [-0.15, -0.1) is 12.4 Å². The van der Waals surface area contributed by atoms with E-state index in [1.54, 1.807) is 37.4 Å². The second-order valence-corrected chi connectivity index (χ2v) is 12.8. The first-order valence-electron chi connectivity index (χ1n) is 14.1. The van der Waals surface area contributed by atoms with Crippen LogP contribution in [-0.4, -0.2) is 64.1 Å². The minimum Gasteiger partial charge on any atom is -0.497 e. The van der Waals surface area contributed by atoms with Gasteiger partial charge in [-0.05, 0) is 79.8 Å². The summed E-state index contributed by atoms with van der Waals surface area (Å²) in [6, 6.07) is 19.4. The van der Waals surface area contributed by atoms with E-state index >= 15 is 0 Å². The number of methoxy groups -OCH3 is 1. The number of nitrogens with one attached hydrogen (secondary N) is 3. The molecule has 1 fully saturated rings. The number of benzene rings is 3. The van der Waals surface area contributed by atoms with E-state index in [0.717, 1.165) is 23.3 Å². The number of aliphatic hydroxyl groups is 1. The molecule has 1 aliphatic heterocycles. The van der Waals surface area contributed by atoms with Crippen molar-refractivity contribution in [3.05, 3.63) is 88.4 Å². The fraction of sp³-hybridized carbons (Fsp3) is 0.387. The maximum absolute atomic E-state index is 13.6. The van der Waals surface area contributed by atoms with Gasteiger partial charge in [-0.25, -0.2) is 8.42 Å². The van der Waals surface area contributed by atoms with Gasteiger partial charge in [0.05, 0.1) is 30.7 Å². The summed E-state index contributed by atoms with van der Waals surface area (Å²) < 4.78 is 32.3. The van der Waals surface area contributed by atoms with Gasteiger partial charge in [0.25, 0.3) is 5.91 Å². The van der Waals surface area contributed by atoms with Crippen molar-refractivity contribution in [3.63, 3.8) is 0 Å². The maximum atomic E-state index is 13.6. The monoisotopic (exact) mass is 650 g/mol. The van der Waals surface area contributed by atoms with Crippen molar-refractivity contribution < 1.29 is 23.1 Å². The molecular weight excluding hydrogens is 611 g/mol. The summed E-state index contributed by atoms with van der Waals surface area (Å²) in [5.41, 5.74) is 3.31. The number of halogens is 2. The van der Waals surface area contributed by atoms with Gasteiger partial charge in [0.2, 0.25) is 10.0 Å². The number of amides is 1. The van der Waals surface area contributed by atoms with Crippen molar-refractivity contribution in [2.45, 2.75) is 44.9 Å². The van der Waals surface area contributed by atoms with E-state index in [4.69, 9.17) is 16.3 Å². The Morgan fingerprint density at radius 3 is 2.53 bits per heavy atom. The molecule has 3 aromatic carbocycles. The molecule has 1 aliphatic rings. The summed E-state index contributed by atoms with van der Waals surface area (Å²) in [6.45, 7) is 3.64. The highest BCUT2D eigenvalue weighted by Gasteiger charge is 2.28. The van der Waals surface area contributed by atoms with Gasteiger partial charge in [0, 0.05) is 42.5 Å². The molecule has 0 aliphatic carbocycles. The number of hydrogen-bond donors (Lipinski definition) is 4. The van der Waals surface area contributed by atoms with Crippen molar-refractivity contribution in [1.82, 2.24) is 10.6 Å². The summed E-state index contributed by atoms with van der Waals surface area (Å²) in [4.78, 5) is 13.6. The van der Waals surface area contributed by atoms with Crippen LogP contribution in [0.4, 0.5) is 11.4 Å². The number of hydrogen-bond acceptors (Lipinski definition) is 7. The average Bonchev–Trinajstić information content (AvgIpc) is 2.97. The Bertz CT molecular complexity index is 1460. The lowest BCUT2D eigenvalue weighted by Gasteiger charge is -2.29. The number of anilines is 2. The molecule has 43 heavy (non-hydrogen) atoms. The first kappa shape index (κ1) is 34.5. The van der Waals surface area contributed by atoms with Crippen LogP contribution in [0, 0.1) is 0 Å². The Hall–Kier alpha value is -3.02. The summed E-state index contributed by atoms with van der Waals surface area (Å²) in [5, 5.41) is 21.3. The van der Waals surface area contributed by atoms with Gasteiger partial charge in [-0.2, -0.15) is 0 Å². The molecule has 0 radical (unpaired) electrons. The molecule has 1 amide bonds. The molecule has 4 N–H and O–H groups in total. The second-order valence-electron chi connectivity index (χ2n) is 10.4. The van der Waals surface area contributed by atoms with Gasteiger partial charge < -0.3 is 25.8 Å². The molecule has 1 saturated heterocycles. The molecule has 0 bridgehead atoms. The Labute approximate surface area is 265 Å². The van der Waals surface area contributed by atoms with E-state index in [9.17, 15) is 18.3 Å². The number of carbonyl (C=O) groups excluding carboxylic acids is 1. The van der Waals surface area contributed by atoms with Crippen molar-refractivity contribution in [2.24, 2.45) is 0 Å². The average molecular weight is 652 g/mol. The first-order valence-corrected chi connectivity index (χ1v) is 16.1. The second kappa shape index (κ2) is 16.2. The topological polar surface area (TPSA) is 120 Å². The van der Waals surface area contributed by atoms with Gasteiger partial charge in [-0.1, -0.05) is 35.9 Å². The molecular formula is C31H40Cl2N4O5S. The van der Waals surface area contributed by atoms with E-state index < -0.39 is 28.1 Å². The molecule has 0 saturated carbocycles. The van der Waals surface area contributed by atoms with Gasteiger partial charge in [0.15, 0.2) is 0 Å². The molecule has 0 spiro atoms. The fourth-order valence-electron chi connectivity index (χ4n) is 4.97. The van der Waals surface area contributed by atoms with Crippen LogP contribution in [0.1, 0.15) is 41.3 Å². The van der Waals surface area contributed by atoms with Crippen LogP contribution in [0.15, 0.2) is 66.7 Å². The first-order chi connectivity index (χ1) is 20.2. The predicted octanol–water partition coefficient (Wildman–Crippen LogP) is 4.62. The quantitative estimate of drug-likeness (QED) is 0.213. The highest BCUT2D eigenvalue weighted by atomic mass is 35.5. The number of carbonyl (C=O) groups is 1. The SMILES string of the molecule is CCNc1cc(C(=O)N[C@@H](Cc2ccc(Cl)cc2)[C@H](O)CNCc2cccc(OC)c2)cc(N2CCCCS2(=O)=O)c1.Cl. The minimum absolute atomic E-state index is 0. The Morgan fingerprint density at radius 2 is 1.84 bits per heavy atom. The largest absolute Gasteiger partial charge is 0.497 e. The zero-order valence-electron chi connectivity index (χ0n) is 24.4. The van der Waals surface area contributed by atoms with E-state index in [1.165, 1.54) is 4.31 Å². The van der Waals surface area contributed by atoms with E-state index in [2.05, 4.69) is 16.0 Å². The van der Waals surface area contributed by atoms with Crippen molar-refractivity contribution in [2.75, 3.05) is 42.1 Å². The summed E-state index contributed by atoms with van der Waals surface area (Å²) in [5.74, 6) is 0.424.